The van der Waals surface area contributed by atoms with E-state index in [4.69, 9.17) is 4.74 Å². The van der Waals surface area contributed by atoms with Gasteiger partial charge in [-0.25, -0.2) is 8.42 Å². The Morgan fingerprint density at radius 3 is 2.25 bits per heavy atom. The van der Waals surface area contributed by atoms with E-state index in [1.54, 1.807) is 36.5 Å². The predicted octanol–water partition coefficient (Wildman–Crippen LogP) is 3.84. The summed E-state index contributed by atoms with van der Waals surface area (Å²) in [6.45, 7) is 3.03. The molecule has 1 atom stereocenters. The molecule has 0 radical (unpaired) electrons. The topological polar surface area (TPSA) is 84.7 Å². The Hall–Kier alpha value is -3.17. The standard InChI is InChI=1S/C27H32N4O4S/c1-21-20-29(36(33,34)24-15-9-4-10-16-24)17-18-30(21)25-19-28-31(22-11-5-2-6-12-22)27(32)26(25)35-23-13-7-3-8-14-23/h2,4-6,9-12,15-16,19,21,23H,3,7-8,13-14,17-18,20H2,1H3. The minimum atomic E-state index is -3.59. The van der Waals surface area contributed by atoms with E-state index in [2.05, 4.69) is 10.00 Å². The molecule has 2 fully saturated rings. The molecule has 1 saturated heterocycles. The van der Waals surface area contributed by atoms with Crippen LogP contribution in [0.15, 0.2) is 76.6 Å². The second-order valence-corrected chi connectivity index (χ2v) is 11.4. The van der Waals surface area contributed by atoms with Gasteiger partial charge in [-0.2, -0.15) is 14.1 Å². The largest absolute Gasteiger partial charge is 0.483 e. The van der Waals surface area contributed by atoms with Gasteiger partial charge in [-0.1, -0.05) is 42.8 Å². The second kappa shape index (κ2) is 10.4. The zero-order valence-electron chi connectivity index (χ0n) is 20.5. The van der Waals surface area contributed by atoms with Gasteiger partial charge in [0.05, 0.1) is 22.9 Å². The van der Waals surface area contributed by atoms with E-state index in [0.29, 0.717) is 41.7 Å². The number of sulfonamides is 1. The summed E-state index contributed by atoms with van der Waals surface area (Å²) in [4.78, 5) is 16.0. The zero-order valence-corrected chi connectivity index (χ0v) is 21.3. The summed E-state index contributed by atoms with van der Waals surface area (Å²) in [5.41, 5.74) is 1.01. The first-order valence-electron chi connectivity index (χ1n) is 12.6. The molecule has 0 spiro atoms. The fraction of sp³-hybridized carbons (Fsp3) is 0.407. The SMILES string of the molecule is CC1CN(S(=O)(=O)c2ccccc2)CCN1c1cnn(-c2ccccc2)c(=O)c1OC1CCCCC1. The third kappa shape index (κ3) is 4.90. The van der Waals surface area contributed by atoms with Crippen LogP contribution in [0.25, 0.3) is 5.69 Å². The molecule has 5 rings (SSSR count). The number of anilines is 1. The minimum Gasteiger partial charge on any atom is -0.483 e. The molecule has 1 unspecified atom stereocenters. The van der Waals surface area contributed by atoms with Crippen molar-refractivity contribution in [3.63, 3.8) is 0 Å². The Bertz CT molecular complexity index is 1340. The van der Waals surface area contributed by atoms with Crippen molar-refractivity contribution >= 4 is 15.7 Å². The molecule has 2 aromatic carbocycles. The molecule has 9 heteroatoms. The van der Waals surface area contributed by atoms with E-state index in [1.807, 2.05) is 37.3 Å². The molecule has 36 heavy (non-hydrogen) atoms. The van der Waals surface area contributed by atoms with Gasteiger partial charge >= 0.3 is 5.56 Å². The van der Waals surface area contributed by atoms with Gasteiger partial charge in [-0.15, -0.1) is 0 Å². The number of piperazine rings is 1. The number of benzene rings is 2. The second-order valence-electron chi connectivity index (χ2n) is 9.51. The van der Waals surface area contributed by atoms with Gasteiger partial charge in [0, 0.05) is 25.7 Å². The maximum absolute atomic E-state index is 13.7. The average molecular weight is 509 g/mol. The lowest BCUT2D eigenvalue weighted by atomic mass is 9.98. The molecular formula is C27H32N4O4S. The highest BCUT2D eigenvalue weighted by atomic mass is 32.2. The van der Waals surface area contributed by atoms with Crippen molar-refractivity contribution in [1.29, 1.82) is 0 Å². The summed E-state index contributed by atoms with van der Waals surface area (Å²) in [6.07, 6.45) is 6.88. The van der Waals surface area contributed by atoms with Crippen LogP contribution in [0.4, 0.5) is 5.69 Å². The van der Waals surface area contributed by atoms with Gasteiger partial charge < -0.3 is 9.64 Å². The lowest BCUT2D eigenvalue weighted by Gasteiger charge is -2.41. The van der Waals surface area contributed by atoms with Crippen LogP contribution in [0, 0.1) is 0 Å². The van der Waals surface area contributed by atoms with Crippen molar-refractivity contribution in [2.45, 2.75) is 56.1 Å². The number of ether oxygens (including phenoxy) is 1. The van der Waals surface area contributed by atoms with E-state index < -0.39 is 10.0 Å². The summed E-state index contributed by atoms with van der Waals surface area (Å²) < 4.78 is 35.6. The molecular weight excluding hydrogens is 476 g/mol. The number of hydrogen-bond donors (Lipinski definition) is 0. The fourth-order valence-corrected chi connectivity index (χ4v) is 6.62. The first kappa shape index (κ1) is 24.5. The first-order valence-corrected chi connectivity index (χ1v) is 14.1. The van der Waals surface area contributed by atoms with E-state index in [1.165, 1.54) is 15.4 Å². The van der Waals surface area contributed by atoms with Crippen molar-refractivity contribution in [2.75, 3.05) is 24.5 Å². The first-order chi connectivity index (χ1) is 17.4. The van der Waals surface area contributed by atoms with Crippen molar-refractivity contribution in [3.8, 4) is 11.4 Å². The maximum atomic E-state index is 13.7. The smallest absolute Gasteiger partial charge is 0.316 e. The molecule has 2 heterocycles. The molecule has 1 saturated carbocycles. The summed E-state index contributed by atoms with van der Waals surface area (Å²) in [5, 5.41) is 4.48. The highest BCUT2D eigenvalue weighted by Gasteiger charge is 2.34. The van der Waals surface area contributed by atoms with Crippen LogP contribution in [0.3, 0.4) is 0 Å². The summed E-state index contributed by atoms with van der Waals surface area (Å²) >= 11 is 0. The highest BCUT2D eigenvalue weighted by Crippen LogP contribution is 2.32. The number of aromatic nitrogens is 2. The van der Waals surface area contributed by atoms with Crippen LogP contribution in [0.1, 0.15) is 39.0 Å². The Morgan fingerprint density at radius 1 is 0.917 bits per heavy atom. The molecule has 190 valence electrons. The highest BCUT2D eigenvalue weighted by molar-refractivity contribution is 7.89. The van der Waals surface area contributed by atoms with E-state index in [9.17, 15) is 13.2 Å². The number of para-hydroxylation sites is 1. The van der Waals surface area contributed by atoms with Crippen LogP contribution in [0.2, 0.25) is 0 Å². The van der Waals surface area contributed by atoms with E-state index in [0.717, 1.165) is 25.7 Å². The maximum Gasteiger partial charge on any atom is 0.316 e. The molecule has 1 aliphatic heterocycles. The summed E-state index contributed by atoms with van der Waals surface area (Å²) in [5.74, 6) is 0.298. The Balaban J connectivity index is 1.46. The van der Waals surface area contributed by atoms with Gasteiger partial charge in [0.25, 0.3) is 0 Å². The Labute approximate surface area is 212 Å². The molecule has 8 nitrogen and oxygen atoms in total. The number of hydrogen-bond acceptors (Lipinski definition) is 6. The number of nitrogens with zero attached hydrogens (tertiary/aromatic N) is 4. The zero-order chi connectivity index (χ0) is 25.1. The molecule has 3 aromatic rings. The molecule has 0 bridgehead atoms. The average Bonchev–Trinajstić information content (AvgIpc) is 2.91. The monoisotopic (exact) mass is 508 g/mol. The van der Waals surface area contributed by atoms with Gasteiger partial charge in [-0.3, -0.25) is 4.79 Å². The minimum absolute atomic E-state index is 0.00752. The van der Waals surface area contributed by atoms with Crippen molar-refractivity contribution < 1.29 is 13.2 Å². The Kier molecular flexibility index (Phi) is 7.11. The van der Waals surface area contributed by atoms with Crippen LogP contribution in [-0.2, 0) is 10.0 Å². The lowest BCUT2D eigenvalue weighted by Crippen LogP contribution is -2.54. The molecule has 1 aliphatic carbocycles. The van der Waals surface area contributed by atoms with Gasteiger partial charge in [0.1, 0.15) is 5.69 Å². The van der Waals surface area contributed by atoms with Gasteiger partial charge in [0.2, 0.25) is 15.8 Å². The summed E-state index contributed by atoms with van der Waals surface area (Å²) in [7, 11) is -3.59. The van der Waals surface area contributed by atoms with E-state index >= 15 is 0 Å². The molecule has 2 aliphatic rings. The summed E-state index contributed by atoms with van der Waals surface area (Å²) in [6, 6.07) is 17.7. The third-order valence-corrected chi connectivity index (χ3v) is 8.91. The third-order valence-electron chi connectivity index (χ3n) is 7.03. The van der Waals surface area contributed by atoms with Gasteiger partial charge in [0.15, 0.2) is 0 Å². The van der Waals surface area contributed by atoms with Crippen LogP contribution < -0.4 is 15.2 Å². The van der Waals surface area contributed by atoms with Crippen LogP contribution in [0.5, 0.6) is 5.75 Å². The van der Waals surface area contributed by atoms with Crippen molar-refractivity contribution in [1.82, 2.24) is 14.1 Å². The number of rotatable bonds is 6. The van der Waals surface area contributed by atoms with Gasteiger partial charge in [-0.05, 0) is 56.9 Å². The Morgan fingerprint density at radius 2 is 1.58 bits per heavy atom. The van der Waals surface area contributed by atoms with Crippen LogP contribution in [-0.4, -0.2) is 54.3 Å². The van der Waals surface area contributed by atoms with E-state index in [-0.39, 0.29) is 17.7 Å². The molecule has 0 N–H and O–H groups in total. The fourth-order valence-electron chi connectivity index (χ4n) is 5.09. The quantitative estimate of drug-likeness (QED) is 0.503. The van der Waals surface area contributed by atoms with Crippen molar-refractivity contribution in [2.24, 2.45) is 0 Å². The van der Waals surface area contributed by atoms with Crippen LogP contribution >= 0.6 is 0 Å². The normalized spacial score (nSPS) is 19.8. The molecule has 0 amide bonds. The predicted molar refractivity (Wildman–Crippen MR) is 139 cm³/mol. The van der Waals surface area contributed by atoms with Crippen molar-refractivity contribution in [3.05, 3.63) is 77.2 Å². The lowest BCUT2D eigenvalue weighted by molar-refractivity contribution is 0.152. The molecule has 1 aromatic heterocycles.